The molecule has 0 saturated heterocycles. The van der Waals surface area contributed by atoms with Crippen molar-refractivity contribution in [1.82, 2.24) is 15.0 Å². The van der Waals surface area contributed by atoms with Crippen LogP contribution in [0.2, 0.25) is 0 Å². The van der Waals surface area contributed by atoms with Crippen molar-refractivity contribution >= 4 is 192 Å². The Hall–Kier alpha value is -15.9. The Kier molecular flexibility index (Phi) is 19.4. The molecule has 6 heteroatoms. The van der Waals surface area contributed by atoms with Gasteiger partial charge >= 0.3 is 0 Å². The fraction of sp³-hybridized carbons (Fsp3) is 0.0315. The van der Waals surface area contributed by atoms with E-state index in [2.05, 4.69) is 458 Å². The molecule has 0 spiro atoms. The minimum absolute atomic E-state index is 0.977. The molecular formula is C127H83N3S3. The quantitative estimate of drug-likeness (QED) is 0.135. The molecule has 27 aromatic rings. The third-order valence-electron chi connectivity index (χ3n) is 27.1. The van der Waals surface area contributed by atoms with Crippen LogP contribution in [0.25, 0.3) is 258 Å². The third-order valence-corrected chi connectivity index (χ3v) is 31.1. The van der Waals surface area contributed by atoms with Crippen LogP contribution in [0.1, 0.15) is 22.3 Å². The van der Waals surface area contributed by atoms with Crippen molar-refractivity contribution in [1.29, 1.82) is 0 Å². The summed E-state index contributed by atoms with van der Waals surface area (Å²) < 4.78 is 8.10. The lowest BCUT2D eigenvalue weighted by atomic mass is 9.93. The molecule has 0 amide bonds. The SMILES string of the molecule is Cc1cc(C)c2sc3c(-c4ccc(-c5ccc6c7ccccc7c7ccccc7c6n5)cc4)cc(C)cc3c2c1.Cc1cccc2c1sc1c(-c3ccc(-c4ccc5c6ccccc6c6ccccc6c5n4)cc3)cccc12.c1ccc(-c2cc(-c3ccccc3)c3sc4c(-c5ccc(-c6ccc7c8ccccc8c8ccccc8c7n6)cc5)cc(-c5ccccc5)cc4c3c2)cc1. The van der Waals surface area contributed by atoms with Crippen LogP contribution in [0, 0.1) is 27.7 Å². The second kappa shape index (κ2) is 32.6. The maximum Gasteiger partial charge on any atom is 0.0794 e. The summed E-state index contributed by atoms with van der Waals surface area (Å²) in [5, 5.41) is 26.5. The van der Waals surface area contributed by atoms with E-state index in [1.54, 1.807) is 0 Å². The summed E-state index contributed by atoms with van der Waals surface area (Å²) in [5.41, 5.74) is 29.7. The third kappa shape index (κ3) is 13.8. The summed E-state index contributed by atoms with van der Waals surface area (Å²) >= 11 is 5.72. The van der Waals surface area contributed by atoms with E-state index in [9.17, 15) is 0 Å². The van der Waals surface area contributed by atoms with Gasteiger partial charge in [-0.25, -0.2) is 15.0 Å². The average molecular weight is 1750 g/mol. The molecule has 6 aromatic heterocycles. The van der Waals surface area contributed by atoms with Crippen LogP contribution >= 0.6 is 34.0 Å². The van der Waals surface area contributed by atoms with Crippen LogP contribution in [0.5, 0.6) is 0 Å². The second-order valence-corrected chi connectivity index (χ2v) is 38.3. The number of rotatable bonds is 9. The fourth-order valence-electron chi connectivity index (χ4n) is 20.7. The number of pyridine rings is 3. The van der Waals surface area contributed by atoms with Crippen molar-refractivity contribution in [3.63, 3.8) is 0 Å². The summed E-state index contributed by atoms with van der Waals surface area (Å²) in [6.07, 6.45) is 0. The largest absolute Gasteiger partial charge is 0.247 e. The number of fused-ring (bicyclic) bond motifs is 27. The zero-order chi connectivity index (χ0) is 88.5. The van der Waals surface area contributed by atoms with Gasteiger partial charge in [0.25, 0.3) is 0 Å². The number of thiophene rings is 3. The van der Waals surface area contributed by atoms with Gasteiger partial charge in [0.1, 0.15) is 0 Å². The molecule has 0 saturated carbocycles. The lowest BCUT2D eigenvalue weighted by Crippen LogP contribution is -1.89. The lowest BCUT2D eigenvalue weighted by molar-refractivity contribution is 1.41. The molecule has 0 fully saturated rings. The Morgan fingerprint density at radius 1 is 0.143 bits per heavy atom. The van der Waals surface area contributed by atoms with Crippen molar-refractivity contribution in [3.05, 3.63) is 453 Å². The molecule has 0 radical (unpaired) electrons. The molecule has 0 atom stereocenters. The van der Waals surface area contributed by atoms with Gasteiger partial charge in [0, 0.05) is 121 Å². The van der Waals surface area contributed by atoms with Gasteiger partial charge in [0.05, 0.1) is 33.6 Å². The molecule has 0 bridgehead atoms. The number of hydrogen-bond acceptors (Lipinski definition) is 6. The summed E-state index contributed by atoms with van der Waals surface area (Å²) in [6.45, 7) is 8.83. The minimum atomic E-state index is 0.977. The number of aromatic nitrogens is 3. The van der Waals surface area contributed by atoms with Gasteiger partial charge in [0.15, 0.2) is 0 Å². The van der Waals surface area contributed by atoms with Crippen LogP contribution in [0.15, 0.2) is 431 Å². The predicted octanol–water partition coefficient (Wildman–Crippen LogP) is 37.0. The highest BCUT2D eigenvalue weighted by Crippen LogP contribution is 2.51. The average Bonchev–Trinajstić information content (AvgIpc) is 1.68. The van der Waals surface area contributed by atoms with Crippen molar-refractivity contribution in [2.45, 2.75) is 27.7 Å². The molecule has 3 nitrogen and oxygen atoms in total. The van der Waals surface area contributed by atoms with E-state index in [4.69, 9.17) is 15.0 Å². The number of benzene rings is 21. The maximum atomic E-state index is 5.33. The van der Waals surface area contributed by atoms with Crippen LogP contribution in [-0.2, 0) is 0 Å². The molecule has 0 aliphatic heterocycles. The van der Waals surface area contributed by atoms with E-state index in [0.29, 0.717) is 0 Å². The standard InChI is InChI=1S/C53H33NS.C38H27NS.C36H23NS/c1-4-14-34(15-5-1)39-30-46(36-18-8-3-9-19-36)52-48(32-39)49-33-40(35-16-6-2-7-17-35)31-47(53(49)55-52)37-24-26-38(27-25-37)50-29-28-45-43-22-11-10-20-41(43)42-21-12-13-23-44(42)51(45)54-50;1-22-18-24(3)37-33(20-22)34-21-23(2)19-32(38(34)40-37)25-12-14-26(15-13-25)35-17-16-31-29-10-5-4-8-27(29)28-9-6-7-11-30(28)36(31)39-35;1-22-8-6-14-31-32-15-7-13-25(36(32)38-35(22)31)23-16-18-24(19-17-23)33-21-20-30-28-11-3-2-9-26(28)27-10-4-5-12-29(27)34(30)37-33/h1-33H;4-21H,1-3H3;2-21H,1H3. The molecule has 0 unspecified atom stereocenters. The first-order chi connectivity index (χ1) is 65.6. The number of nitrogens with zero attached hydrogens (tertiary/aromatic N) is 3. The Morgan fingerprint density at radius 2 is 0.398 bits per heavy atom. The Labute approximate surface area is 781 Å². The lowest BCUT2D eigenvalue weighted by Gasteiger charge is -2.12. The van der Waals surface area contributed by atoms with E-state index in [1.165, 1.54) is 230 Å². The fourth-order valence-corrected chi connectivity index (χ4v) is 24.6. The second-order valence-electron chi connectivity index (χ2n) is 35.3. The Bertz CT molecular complexity index is 9290. The molecule has 21 aromatic carbocycles. The van der Waals surface area contributed by atoms with E-state index in [-0.39, 0.29) is 0 Å². The summed E-state index contributed by atoms with van der Waals surface area (Å²) in [6, 6.07) is 157. The van der Waals surface area contributed by atoms with Gasteiger partial charge in [-0.05, 0) is 227 Å². The zero-order valence-corrected chi connectivity index (χ0v) is 76.0. The molecule has 0 aliphatic carbocycles. The molecule has 133 heavy (non-hydrogen) atoms. The molecular weight excluding hydrogens is 1660 g/mol. The van der Waals surface area contributed by atoms with Crippen molar-refractivity contribution in [2.24, 2.45) is 0 Å². The van der Waals surface area contributed by atoms with Gasteiger partial charge in [-0.3, -0.25) is 0 Å². The van der Waals surface area contributed by atoms with Gasteiger partial charge in [-0.1, -0.05) is 357 Å². The Morgan fingerprint density at radius 3 is 0.789 bits per heavy atom. The smallest absolute Gasteiger partial charge is 0.0794 e. The predicted molar refractivity (Wildman–Crippen MR) is 577 cm³/mol. The van der Waals surface area contributed by atoms with Crippen molar-refractivity contribution in [3.8, 4) is 101 Å². The number of hydrogen-bond donors (Lipinski definition) is 0. The highest BCUT2D eigenvalue weighted by molar-refractivity contribution is 7.27. The zero-order valence-electron chi connectivity index (χ0n) is 73.6. The minimum Gasteiger partial charge on any atom is -0.247 e. The maximum absolute atomic E-state index is 5.33. The van der Waals surface area contributed by atoms with Crippen LogP contribution in [0.3, 0.4) is 0 Å². The van der Waals surface area contributed by atoms with Crippen LogP contribution in [-0.4, -0.2) is 15.0 Å². The van der Waals surface area contributed by atoms with Gasteiger partial charge < -0.3 is 0 Å². The molecule has 0 N–H and O–H groups in total. The first kappa shape index (κ1) is 79.3. The summed E-state index contributed by atoms with van der Waals surface area (Å²) in [4.78, 5) is 15.8. The van der Waals surface area contributed by atoms with Crippen molar-refractivity contribution in [2.75, 3.05) is 0 Å². The Balaban J connectivity index is 0.000000109. The van der Waals surface area contributed by atoms with E-state index in [1.807, 2.05) is 34.0 Å². The monoisotopic (exact) mass is 1750 g/mol. The number of aryl methyl sites for hydroxylation is 4. The van der Waals surface area contributed by atoms with E-state index in [0.717, 1.165) is 50.3 Å². The summed E-state index contributed by atoms with van der Waals surface area (Å²) in [7, 11) is 0. The van der Waals surface area contributed by atoms with E-state index < -0.39 is 0 Å². The van der Waals surface area contributed by atoms with Gasteiger partial charge in [-0.2, -0.15) is 0 Å². The normalized spacial score (nSPS) is 11.8. The first-order valence-corrected chi connectivity index (χ1v) is 48.0. The molecule has 27 rings (SSSR count). The highest BCUT2D eigenvalue weighted by atomic mass is 32.1. The van der Waals surface area contributed by atoms with E-state index >= 15 is 0 Å². The highest BCUT2D eigenvalue weighted by Gasteiger charge is 2.23. The van der Waals surface area contributed by atoms with Crippen LogP contribution < -0.4 is 0 Å². The van der Waals surface area contributed by atoms with Crippen LogP contribution in [0.4, 0.5) is 0 Å². The summed E-state index contributed by atoms with van der Waals surface area (Å²) in [5.74, 6) is 0. The topological polar surface area (TPSA) is 38.7 Å². The van der Waals surface area contributed by atoms with Gasteiger partial charge in [0.2, 0.25) is 0 Å². The molecule has 624 valence electrons. The molecule has 0 aliphatic rings. The first-order valence-electron chi connectivity index (χ1n) is 45.6. The van der Waals surface area contributed by atoms with Gasteiger partial charge in [-0.15, -0.1) is 34.0 Å². The molecule has 6 heterocycles. The van der Waals surface area contributed by atoms with Crippen molar-refractivity contribution < 1.29 is 0 Å².